The van der Waals surface area contributed by atoms with E-state index < -0.39 is 0 Å². The van der Waals surface area contributed by atoms with Crippen LogP contribution in [0, 0.1) is 0 Å². The van der Waals surface area contributed by atoms with Gasteiger partial charge >= 0.3 is 0 Å². The zero-order valence-corrected chi connectivity index (χ0v) is 7.79. The van der Waals surface area contributed by atoms with Crippen LogP contribution in [0.3, 0.4) is 0 Å². The minimum Gasteiger partial charge on any atom is -0.329 e. The van der Waals surface area contributed by atoms with E-state index in [0.29, 0.717) is 6.54 Å². The fraction of sp³-hybridized carbons (Fsp3) is 0.455. The predicted octanol–water partition coefficient (Wildman–Crippen LogP) is 1.13. The van der Waals surface area contributed by atoms with E-state index in [1.165, 1.54) is 36.0 Å². The van der Waals surface area contributed by atoms with Crippen molar-refractivity contribution in [3.05, 3.63) is 34.9 Å². The summed E-state index contributed by atoms with van der Waals surface area (Å²) in [6, 6.07) is 6.43. The van der Waals surface area contributed by atoms with Crippen molar-refractivity contribution in [2.24, 2.45) is 11.5 Å². The molecule has 2 heteroatoms. The zero-order chi connectivity index (χ0) is 9.26. The summed E-state index contributed by atoms with van der Waals surface area (Å²) in [6.07, 6.45) is 3.66. The second-order valence-corrected chi connectivity index (χ2v) is 3.68. The Morgan fingerprint density at radius 1 is 1.31 bits per heavy atom. The number of hydrogen-bond donors (Lipinski definition) is 2. The van der Waals surface area contributed by atoms with Crippen LogP contribution in [0.5, 0.6) is 0 Å². The fourth-order valence-electron chi connectivity index (χ4n) is 2.12. The van der Waals surface area contributed by atoms with Gasteiger partial charge in [0.15, 0.2) is 0 Å². The molecule has 13 heavy (non-hydrogen) atoms. The van der Waals surface area contributed by atoms with Crippen molar-refractivity contribution in [1.82, 2.24) is 0 Å². The fourth-order valence-corrected chi connectivity index (χ4v) is 2.12. The topological polar surface area (TPSA) is 52.0 Å². The predicted molar refractivity (Wildman–Crippen MR) is 54.4 cm³/mol. The number of nitrogens with two attached hydrogens (primary N) is 2. The van der Waals surface area contributed by atoms with E-state index in [0.717, 1.165) is 0 Å². The Morgan fingerprint density at radius 2 is 2.15 bits per heavy atom. The van der Waals surface area contributed by atoms with Gasteiger partial charge in [0.2, 0.25) is 0 Å². The first kappa shape index (κ1) is 8.73. The highest BCUT2D eigenvalue weighted by molar-refractivity contribution is 5.40. The van der Waals surface area contributed by atoms with Crippen molar-refractivity contribution in [2.45, 2.75) is 25.3 Å². The van der Waals surface area contributed by atoms with Crippen LogP contribution in [0.15, 0.2) is 18.2 Å². The van der Waals surface area contributed by atoms with Crippen LogP contribution in [0.25, 0.3) is 0 Å². The third-order valence-corrected chi connectivity index (χ3v) is 2.84. The molecule has 0 saturated heterocycles. The van der Waals surface area contributed by atoms with Crippen LogP contribution >= 0.6 is 0 Å². The second kappa shape index (κ2) is 3.48. The molecule has 0 aliphatic heterocycles. The molecule has 70 valence electrons. The van der Waals surface area contributed by atoms with Gasteiger partial charge in [-0.15, -0.1) is 0 Å². The molecule has 1 aliphatic rings. The Bertz CT molecular complexity index is 307. The van der Waals surface area contributed by atoms with Gasteiger partial charge < -0.3 is 11.5 Å². The van der Waals surface area contributed by atoms with Gasteiger partial charge in [-0.3, -0.25) is 0 Å². The van der Waals surface area contributed by atoms with Crippen molar-refractivity contribution in [3.8, 4) is 0 Å². The normalized spacial score (nSPS) is 17.1. The van der Waals surface area contributed by atoms with Crippen LogP contribution < -0.4 is 11.5 Å². The average molecular weight is 176 g/mol. The van der Waals surface area contributed by atoms with E-state index >= 15 is 0 Å². The smallest absolute Gasteiger partial charge is 0.0422 e. The first-order valence-electron chi connectivity index (χ1n) is 4.89. The number of rotatable bonds is 2. The SMILES string of the molecule is NC[C@@H](N)c1cccc2c1CCC2. The van der Waals surface area contributed by atoms with Crippen LogP contribution in [-0.2, 0) is 12.8 Å². The maximum Gasteiger partial charge on any atom is 0.0422 e. The summed E-state index contributed by atoms with van der Waals surface area (Å²) in [5.74, 6) is 0. The molecule has 0 unspecified atom stereocenters. The Balaban J connectivity index is 2.41. The third-order valence-electron chi connectivity index (χ3n) is 2.84. The Kier molecular flexibility index (Phi) is 2.34. The Hall–Kier alpha value is -0.860. The molecule has 1 atom stereocenters. The van der Waals surface area contributed by atoms with E-state index in [2.05, 4.69) is 18.2 Å². The molecule has 1 aliphatic carbocycles. The number of hydrogen-bond acceptors (Lipinski definition) is 2. The molecule has 1 aromatic rings. The second-order valence-electron chi connectivity index (χ2n) is 3.68. The highest BCUT2D eigenvalue weighted by Crippen LogP contribution is 2.27. The summed E-state index contributed by atoms with van der Waals surface area (Å²) in [6.45, 7) is 0.538. The van der Waals surface area contributed by atoms with Gasteiger partial charge in [-0.25, -0.2) is 0 Å². The van der Waals surface area contributed by atoms with Crippen LogP contribution in [0.1, 0.15) is 29.2 Å². The van der Waals surface area contributed by atoms with E-state index in [9.17, 15) is 0 Å². The van der Waals surface area contributed by atoms with Gasteiger partial charge in [0, 0.05) is 12.6 Å². The minimum atomic E-state index is 0.0213. The summed E-state index contributed by atoms with van der Waals surface area (Å²) in [5, 5.41) is 0. The molecule has 0 aromatic heterocycles. The number of fused-ring (bicyclic) bond motifs is 1. The molecule has 2 rings (SSSR count). The highest BCUT2D eigenvalue weighted by atomic mass is 14.7. The lowest BCUT2D eigenvalue weighted by molar-refractivity contribution is 0.726. The van der Waals surface area contributed by atoms with Gasteiger partial charge in [0.05, 0.1) is 0 Å². The van der Waals surface area contributed by atoms with E-state index in [1.807, 2.05) is 0 Å². The molecule has 0 amide bonds. The molecule has 4 N–H and O–H groups in total. The van der Waals surface area contributed by atoms with Gasteiger partial charge in [0.1, 0.15) is 0 Å². The van der Waals surface area contributed by atoms with Crippen LogP contribution in [0.2, 0.25) is 0 Å². The van der Waals surface area contributed by atoms with E-state index in [1.54, 1.807) is 0 Å². The Labute approximate surface area is 78.9 Å². The van der Waals surface area contributed by atoms with E-state index in [-0.39, 0.29) is 6.04 Å². The molecule has 0 heterocycles. The highest BCUT2D eigenvalue weighted by Gasteiger charge is 2.16. The number of aryl methyl sites for hydroxylation is 1. The summed E-state index contributed by atoms with van der Waals surface area (Å²) in [7, 11) is 0. The number of benzene rings is 1. The maximum atomic E-state index is 5.94. The minimum absolute atomic E-state index is 0.0213. The third kappa shape index (κ3) is 1.47. The molecule has 0 radical (unpaired) electrons. The van der Waals surface area contributed by atoms with Crippen LogP contribution in [-0.4, -0.2) is 6.54 Å². The Morgan fingerprint density at radius 3 is 2.92 bits per heavy atom. The lowest BCUT2D eigenvalue weighted by atomic mass is 9.98. The van der Waals surface area contributed by atoms with Crippen molar-refractivity contribution < 1.29 is 0 Å². The molecule has 0 spiro atoms. The summed E-state index contributed by atoms with van der Waals surface area (Å²) >= 11 is 0. The van der Waals surface area contributed by atoms with Crippen LogP contribution in [0.4, 0.5) is 0 Å². The van der Waals surface area contributed by atoms with Crippen molar-refractivity contribution in [1.29, 1.82) is 0 Å². The molecular formula is C11H16N2. The quantitative estimate of drug-likeness (QED) is 0.709. The molecule has 0 fully saturated rings. The molecule has 0 bridgehead atoms. The zero-order valence-electron chi connectivity index (χ0n) is 7.79. The standard InChI is InChI=1S/C11H16N2/c12-7-11(13)10-6-2-4-8-3-1-5-9(8)10/h2,4,6,11H,1,3,5,7,12-13H2/t11-/m1/s1. The maximum absolute atomic E-state index is 5.94. The van der Waals surface area contributed by atoms with Gasteiger partial charge in [-0.2, -0.15) is 0 Å². The van der Waals surface area contributed by atoms with Crippen molar-refractivity contribution in [3.63, 3.8) is 0 Å². The monoisotopic (exact) mass is 176 g/mol. The van der Waals surface area contributed by atoms with Crippen molar-refractivity contribution in [2.75, 3.05) is 6.54 Å². The molecule has 1 aromatic carbocycles. The largest absolute Gasteiger partial charge is 0.329 e. The van der Waals surface area contributed by atoms with Crippen molar-refractivity contribution >= 4 is 0 Å². The van der Waals surface area contributed by atoms with E-state index in [4.69, 9.17) is 11.5 Å². The summed E-state index contributed by atoms with van der Waals surface area (Å²) in [5.41, 5.74) is 15.7. The first-order valence-corrected chi connectivity index (χ1v) is 4.89. The molecular weight excluding hydrogens is 160 g/mol. The summed E-state index contributed by atoms with van der Waals surface area (Å²) < 4.78 is 0. The van der Waals surface area contributed by atoms with Gasteiger partial charge in [0.25, 0.3) is 0 Å². The van der Waals surface area contributed by atoms with Gasteiger partial charge in [-0.05, 0) is 36.0 Å². The van der Waals surface area contributed by atoms with Gasteiger partial charge in [-0.1, -0.05) is 18.2 Å². The lowest BCUT2D eigenvalue weighted by Crippen LogP contribution is -2.22. The summed E-state index contributed by atoms with van der Waals surface area (Å²) in [4.78, 5) is 0. The molecule has 2 nitrogen and oxygen atoms in total. The first-order chi connectivity index (χ1) is 6.33. The average Bonchev–Trinajstić information content (AvgIpc) is 2.63. The lowest BCUT2D eigenvalue weighted by Gasteiger charge is -2.13. The molecule has 0 saturated carbocycles.